The second-order valence-corrected chi connectivity index (χ2v) is 7.97. The van der Waals surface area contributed by atoms with Crippen molar-refractivity contribution in [1.82, 2.24) is 0 Å². The molecular formula is C21H35NO4. The second kappa shape index (κ2) is 10.5. The molecule has 0 bridgehead atoms. The van der Waals surface area contributed by atoms with Crippen molar-refractivity contribution in [2.45, 2.75) is 52.6 Å². The standard InChI is InChI=1S/C21H35NO4/c1-15(2)11-18(14-25-5)19(21(3,4)26-20(22)24)13-17-8-6-7-16(12-17)9-10-23/h6-8,12,15,18-19,23H,9-11,13-14H2,1-5H3,(H2,22,24). The van der Waals surface area contributed by atoms with Crippen LogP contribution in [0.2, 0.25) is 0 Å². The fourth-order valence-electron chi connectivity index (χ4n) is 3.78. The number of aliphatic hydroxyl groups excluding tert-OH is 1. The molecule has 5 heteroatoms. The molecule has 0 saturated heterocycles. The highest BCUT2D eigenvalue weighted by Crippen LogP contribution is 2.35. The van der Waals surface area contributed by atoms with Gasteiger partial charge in [0.25, 0.3) is 0 Å². The third kappa shape index (κ3) is 7.34. The van der Waals surface area contributed by atoms with Gasteiger partial charge in [0.05, 0.1) is 0 Å². The van der Waals surface area contributed by atoms with Crippen molar-refractivity contribution in [2.24, 2.45) is 23.5 Å². The minimum Gasteiger partial charge on any atom is -0.443 e. The first-order valence-corrected chi connectivity index (χ1v) is 9.35. The monoisotopic (exact) mass is 365 g/mol. The van der Waals surface area contributed by atoms with E-state index in [0.717, 1.165) is 24.0 Å². The molecule has 1 rings (SSSR count). The fraction of sp³-hybridized carbons (Fsp3) is 0.667. The largest absolute Gasteiger partial charge is 0.443 e. The fourth-order valence-corrected chi connectivity index (χ4v) is 3.78. The van der Waals surface area contributed by atoms with Gasteiger partial charge in [0.2, 0.25) is 0 Å². The van der Waals surface area contributed by atoms with Gasteiger partial charge in [-0.3, -0.25) is 0 Å². The predicted molar refractivity (Wildman–Crippen MR) is 104 cm³/mol. The molecule has 1 aromatic carbocycles. The molecule has 0 aromatic heterocycles. The molecule has 0 spiro atoms. The van der Waals surface area contributed by atoms with Crippen LogP contribution in [0.5, 0.6) is 0 Å². The van der Waals surface area contributed by atoms with E-state index in [9.17, 15) is 9.90 Å². The Bertz CT molecular complexity index is 557. The number of hydrogen-bond acceptors (Lipinski definition) is 4. The molecule has 0 aliphatic heterocycles. The first-order valence-electron chi connectivity index (χ1n) is 9.35. The lowest BCUT2D eigenvalue weighted by Gasteiger charge is -2.39. The SMILES string of the molecule is COCC(CC(C)C)C(Cc1cccc(CCO)c1)C(C)(C)OC(N)=O. The summed E-state index contributed by atoms with van der Waals surface area (Å²) < 4.78 is 11.0. The molecule has 0 radical (unpaired) electrons. The van der Waals surface area contributed by atoms with E-state index in [1.807, 2.05) is 26.0 Å². The average Bonchev–Trinajstić information content (AvgIpc) is 2.51. The molecule has 0 saturated carbocycles. The highest BCUT2D eigenvalue weighted by atomic mass is 16.6. The summed E-state index contributed by atoms with van der Waals surface area (Å²) in [4.78, 5) is 11.5. The first kappa shape index (κ1) is 22.5. The molecule has 0 heterocycles. The van der Waals surface area contributed by atoms with Crippen molar-refractivity contribution in [3.05, 3.63) is 35.4 Å². The maximum absolute atomic E-state index is 11.5. The van der Waals surface area contributed by atoms with Crippen LogP contribution >= 0.6 is 0 Å². The van der Waals surface area contributed by atoms with Gasteiger partial charge in [-0.15, -0.1) is 0 Å². The smallest absolute Gasteiger partial charge is 0.405 e. The average molecular weight is 366 g/mol. The Morgan fingerprint density at radius 2 is 1.92 bits per heavy atom. The van der Waals surface area contributed by atoms with E-state index in [1.54, 1.807) is 7.11 Å². The Hall–Kier alpha value is -1.59. The zero-order valence-corrected chi connectivity index (χ0v) is 16.8. The zero-order chi connectivity index (χ0) is 19.7. The number of rotatable bonds is 11. The Morgan fingerprint density at radius 1 is 1.27 bits per heavy atom. The molecule has 0 aliphatic carbocycles. The molecule has 5 nitrogen and oxygen atoms in total. The van der Waals surface area contributed by atoms with Gasteiger partial charge in [-0.05, 0) is 56.1 Å². The Morgan fingerprint density at radius 3 is 2.46 bits per heavy atom. The quantitative estimate of drug-likeness (QED) is 0.628. The molecule has 1 amide bonds. The van der Waals surface area contributed by atoms with Gasteiger partial charge in [-0.25, -0.2) is 4.79 Å². The van der Waals surface area contributed by atoms with Gasteiger partial charge in [0.15, 0.2) is 0 Å². The van der Waals surface area contributed by atoms with E-state index in [4.69, 9.17) is 15.2 Å². The van der Waals surface area contributed by atoms with Crippen molar-refractivity contribution in [3.63, 3.8) is 0 Å². The van der Waals surface area contributed by atoms with Crippen LogP contribution in [0.1, 0.15) is 45.2 Å². The summed E-state index contributed by atoms with van der Waals surface area (Å²) in [5.41, 5.74) is 6.88. The number of ether oxygens (including phenoxy) is 2. The van der Waals surface area contributed by atoms with Crippen LogP contribution < -0.4 is 5.73 Å². The van der Waals surface area contributed by atoms with Crippen LogP contribution in [0, 0.1) is 17.8 Å². The van der Waals surface area contributed by atoms with Gasteiger partial charge >= 0.3 is 6.09 Å². The third-order valence-corrected chi connectivity index (χ3v) is 4.83. The normalized spacial score (nSPS) is 14.3. The summed E-state index contributed by atoms with van der Waals surface area (Å²) in [6.07, 6.45) is 1.60. The lowest BCUT2D eigenvalue weighted by Crippen LogP contribution is -2.44. The molecular weight excluding hydrogens is 330 g/mol. The summed E-state index contributed by atoms with van der Waals surface area (Å²) in [7, 11) is 1.70. The van der Waals surface area contributed by atoms with Crippen molar-refractivity contribution in [3.8, 4) is 0 Å². The van der Waals surface area contributed by atoms with Crippen LogP contribution in [0.25, 0.3) is 0 Å². The highest BCUT2D eigenvalue weighted by molar-refractivity contribution is 5.65. The van der Waals surface area contributed by atoms with Gasteiger partial charge in [0, 0.05) is 26.2 Å². The van der Waals surface area contributed by atoms with Crippen molar-refractivity contribution in [1.29, 1.82) is 0 Å². The van der Waals surface area contributed by atoms with Crippen molar-refractivity contribution in [2.75, 3.05) is 20.3 Å². The van der Waals surface area contributed by atoms with E-state index < -0.39 is 11.7 Å². The lowest BCUT2D eigenvalue weighted by molar-refractivity contribution is -0.0418. The maximum Gasteiger partial charge on any atom is 0.405 e. The first-order chi connectivity index (χ1) is 12.2. The van der Waals surface area contributed by atoms with Gasteiger partial charge in [-0.2, -0.15) is 0 Å². The van der Waals surface area contributed by atoms with E-state index in [1.165, 1.54) is 0 Å². The molecule has 2 atom stereocenters. The minimum absolute atomic E-state index is 0.0572. The topological polar surface area (TPSA) is 81.8 Å². The summed E-state index contributed by atoms with van der Waals surface area (Å²) in [5.74, 6) is 0.792. The molecule has 2 unspecified atom stereocenters. The van der Waals surface area contributed by atoms with Gasteiger partial charge in [0.1, 0.15) is 5.60 Å². The molecule has 0 fully saturated rings. The molecule has 0 aliphatic rings. The number of amides is 1. The number of aliphatic hydroxyl groups is 1. The highest BCUT2D eigenvalue weighted by Gasteiger charge is 2.38. The Balaban J connectivity index is 3.16. The minimum atomic E-state index is -0.755. The van der Waals surface area contributed by atoms with E-state index in [2.05, 4.69) is 26.0 Å². The van der Waals surface area contributed by atoms with E-state index in [0.29, 0.717) is 18.9 Å². The second-order valence-electron chi connectivity index (χ2n) is 7.97. The lowest BCUT2D eigenvalue weighted by atomic mass is 9.73. The van der Waals surface area contributed by atoms with Gasteiger partial charge in [-0.1, -0.05) is 38.1 Å². The Labute approximate surface area is 157 Å². The summed E-state index contributed by atoms with van der Waals surface area (Å²) in [5, 5.41) is 9.19. The van der Waals surface area contributed by atoms with Crippen LogP contribution in [-0.4, -0.2) is 37.1 Å². The number of primary amides is 1. The number of carbonyl (C=O) groups excluding carboxylic acids is 1. The van der Waals surface area contributed by atoms with Crippen molar-refractivity contribution < 1.29 is 19.4 Å². The van der Waals surface area contributed by atoms with Crippen LogP contribution in [0.15, 0.2) is 24.3 Å². The number of carbonyl (C=O) groups is 1. The Kier molecular flexibility index (Phi) is 9.09. The zero-order valence-electron chi connectivity index (χ0n) is 16.8. The molecule has 148 valence electrons. The summed E-state index contributed by atoms with van der Waals surface area (Å²) >= 11 is 0. The third-order valence-electron chi connectivity index (χ3n) is 4.83. The molecule has 26 heavy (non-hydrogen) atoms. The molecule has 3 N–H and O–H groups in total. The van der Waals surface area contributed by atoms with Crippen molar-refractivity contribution >= 4 is 6.09 Å². The number of nitrogens with two attached hydrogens (primary N) is 1. The number of benzene rings is 1. The molecule has 1 aromatic rings. The van der Waals surface area contributed by atoms with Crippen LogP contribution in [-0.2, 0) is 22.3 Å². The predicted octanol–water partition coefficient (Wildman–Crippen LogP) is 3.56. The van der Waals surface area contributed by atoms with E-state index >= 15 is 0 Å². The van der Waals surface area contributed by atoms with Gasteiger partial charge < -0.3 is 20.3 Å². The van der Waals surface area contributed by atoms with E-state index in [-0.39, 0.29) is 18.4 Å². The summed E-state index contributed by atoms with van der Waals surface area (Å²) in [6.45, 7) is 8.94. The van der Waals surface area contributed by atoms with Crippen LogP contribution in [0.4, 0.5) is 4.79 Å². The number of methoxy groups -OCH3 is 1. The number of hydrogen-bond donors (Lipinski definition) is 2. The van der Waals surface area contributed by atoms with Crippen LogP contribution in [0.3, 0.4) is 0 Å². The summed E-state index contributed by atoms with van der Waals surface area (Å²) in [6, 6.07) is 8.21. The maximum atomic E-state index is 11.5.